The average molecular weight is 310 g/mol. The molecule has 6 heteroatoms. The van der Waals surface area contributed by atoms with Crippen molar-refractivity contribution in [3.63, 3.8) is 0 Å². The first-order chi connectivity index (χ1) is 10.2. The Morgan fingerprint density at radius 1 is 1.52 bits per heavy atom. The molecular weight excluding hydrogens is 288 g/mol. The smallest absolute Gasteiger partial charge is 0.315 e. The van der Waals surface area contributed by atoms with Crippen LogP contribution in [0.2, 0.25) is 0 Å². The molecule has 0 aromatic carbocycles. The lowest BCUT2D eigenvalue weighted by Crippen LogP contribution is -2.26. The molecule has 1 N–H and O–H groups in total. The molecule has 3 rings (SSSR count). The molecule has 0 spiro atoms. The van der Waals surface area contributed by atoms with Gasteiger partial charge in [0.15, 0.2) is 5.13 Å². The average Bonchev–Trinajstić information content (AvgIpc) is 3.05. The first kappa shape index (κ1) is 14.8. The van der Waals surface area contributed by atoms with Gasteiger partial charge < -0.3 is 14.8 Å². The maximum Gasteiger partial charge on any atom is 0.315 e. The Morgan fingerprint density at radius 3 is 3.10 bits per heavy atom. The topological polar surface area (TPSA) is 60.5 Å². The molecule has 1 saturated heterocycles. The Morgan fingerprint density at radius 2 is 2.38 bits per heavy atom. The van der Waals surface area contributed by atoms with Crippen molar-refractivity contribution in [3.05, 3.63) is 10.6 Å². The SMILES string of the molecule is CCOC(=O)C1CCCc2sc(NC3CCOC3C)nc21. The van der Waals surface area contributed by atoms with Crippen LogP contribution in [0.4, 0.5) is 5.13 Å². The van der Waals surface area contributed by atoms with Gasteiger partial charge in [-0.15, -0.1) is 11.3 Å². The summed E-state index contributed by atoms with van der Waals surface area (Å²) in [6.45, 7) is 5.16. The van der Waals surface area contributed by atoms with Gasteiger partial charge >= 0.3 is 5.97 Å². The Labute approximate surface area is 129 Å². The molecule has 116 valence electrons. The highest BCUT2D eigenvalue weighted by Gasteiger charge is 2.32. The predicted octanol–water partition coefficient (Wildman–Crippen LogP) is 2.72. The van der Waals surface area contributed by atoms with Gasteiger partial charge in [-0.25, -0.2) is 4.98 Å². The fourth-order valence-corrected chi connectivity index (χ4v) is 4.16. The monoisotopic (exact) mass is 310 g/mol. The number of fused-ring (bicyclic) bond motifs is 1. The lowest BCUT2D eigenvalue weighted by molar-refractivity contribution is -0.145. The number of thiazole rings is 1. The lowest BCUT2D eigenvalue weighted by atomic mass is 9.91. The molecule has 1 aliphatic heterocycles. The summed E-state index contributed by atoms with van der Waals surface area (Å²) in [6.07, 6.45) is 4.11. The third-order valence-corrected chi connectivity index (χ3v) is 5.27. The van der Waals surface area contributed by atoms with E-state index < -0.39 is 0 Å². The van der Waals surface area contributed by atoms with E-state index in [0.717, 1.165) is 43.1 Å². The van der Waals surface area contributed by atoms with Crippen LogP contribution in [0.3, 0.4) is 0 Å². The van der Waals surface area contributed by atoms with Gasteiger partial charge in [-0.05, 0) is 39.5 Å². The summed E-state index contributed by atoms with van der Waals surface area (Å²) in [4.78, 5) is 18.0. The summed E-state index contributed by atoms with van der Waals surface area (Å²) in [6, 6.07) is 0.318. The molecular formula is C15H22N2O3S. The van der Waals surface area contributed by atoms with Gasteiger partial charge in [0, 0.05) is 11.5 Å². The molecule has 3 unspecified atom stereocenters. The number of hydrogen-bond donors (Lipinski definition) is 1. The maximum atomic E-state index is 12.1. The van der Waals surface area contributed by atoms with Crippen LogP contribution in [0.15, 0.2) is 0 Å². The first-order valence-electron chi connectivity index (χ1n) is 7.73. The third-order valence-electron chi connectivity index (χ3n) is 4.21. The number of aromatic nitrogens is 1. The minimum Gasteiger partial charge on any atom is -0.465 e. The highest BCUT2D eigenvalue weighted by Crippen LogP contribution is 2.38. The minimum atomic E-state index is -0.183. The van der Waals surface area contributed by atoms with Crippen molar-refractivity contribution >= 4 is 22.4 Å². The molecule has 1 fully saturated rings. The van der Waals surface area contributed by atoms with Crippen molar-refractivity contribution in [1.29, 1.82) is 0 Å². The molecule has 0 radical (unpaired) electrons. The van der Waals surface area contributed by atoms with Crippen molar-refractivity contribution in [2.24, 2.45) is 0 Å². The van der Waals surface area contributed by atoms with Crippen LogP contribution >= 0.6 is 11.3 Å². The fraction of sp³-hybridized carbons (Fsp3) is 0.733. The maximum absolute atomic E-state index is 12.1. The summed E-state index contributed by atoms with van der Waals surface area (Å²) in [5, 5.41) is 4.38. The lowest BCUT2D eigenvalue weighted by Gasteiger charge is -2.19. The van der Waals surface area contributed by atoms with E-state index in [1.807, 2.05) is 6.92 Å². The van der Waals surface area contributed by atoms with Gasteiger partial charge in [-0.3, -0.25) is 4.79 Å². The second kappa shape index (κ2) is 6.32. The van der Waals surface area contributed by atoms with Crippen molar-refractivity contribution < 1.29 is 14.3 Å². The molecule has 1 aromatic heterocycles. The highest BCUT2D eigenvalue weighted by atomic mass is 32.1. The van der Waals surface area contributed by atoms with Gasteiger partial charge in [-0.1, -0.05) is 0 Å². The van der Waals surface area contributed by atoms with Crippen LogP contribution in [-0.2, 0) is 20.7 Å². The van der Waals surface area contributed by atoms with E-state index in [1.165, 1.54) is 4.88 Å². The largest absolute Gasteiger partial charge is 0.465 e. The molecule has 2 aliphatic rings. The molecule has 2 heterocycles. The minimum absolute atomic E-state index is 0.132. The molecule has 1 aliphatic carbocycles. The number of carbonyl (C=O) groups is 1. The van der Waals surface area contributed by atoms with Gasteiger partial charge in [-0.2, -0.15) is 0 Å². The Bertz CT molecular complexity index is 517. The standard InChI is InChI=1S/C15H22N2O3S/c1-3-19-14(18)10-5-4-6-12-13(10)17-15(21-12)16-11-7-8-20-9(11)2/h9-11H,3-8H2,1-2H3,(H,16,17). The Kier molecular flexibility index (Phi) is 4.45. The van der Waals surface area contributed by atoms with Crippen LogP contribution in [0.5, 0.6) is 0 Å². The van der Waals surface area contributed by atoms with E-state index in [2.05, 4.69) is 17.2 Å². The number of hydrogen-bond acceptors (Lipinski definition) is 6. The van der Waals surface area contributed by atoms with E-state index in [1.54, 1.807) is 11.3 Å². The van der Waals surface area contributed by atoms with Crippen molar-refractivity contribution in [3.8, 4) is 0 Å². The summed E-state index contributed by atoms with van der Waals surface area (Å²) in [5.41, 5.74) is 0.929. The van der Waals surface area contributed by atoms with E-state index in [-0.39, 0.29) is 18.0 Å². The normalized spacial score (nSPS) is 28.2. The quantitative estimate of drug-likeness (QED) is 0.867. The number of ether oxygens (including phenoxy) is 2. The Balaban J connectivity index is 1.76. The zero-order chi connectivity index (χ0) is 14.8. The number of nitrogens with one attached hydrogen (secondary N) is 1. The summed E-state index contributed by atoms with van der Waals surface area (Å²) in [5.74, 6) is -0.314. The van der Waals surface area contributed by atoms with Gasteiger partial charge in [0.1, 0.15) is 5.92 Å². The van der Waals surface area contributed by atoms with Crippen LogP contribution in [0, 0.1) is 0 Å². The molecule has 0 saturated carbocycles. The molecule has 0 bridgehead atoms. The molecule has 3 atom stereocenters. The van der Waals surface area contributed by atoms with Crippen molar-refractivity contribution in [1.82, 2.24) is 4.98 Å². The van der Waals surface area contributed by atoms with E-state index >= 15 is 0 Å². The van der Waals surface area contributed by atoms with Crippen LogP contribution < -0.4 is 5.32 Å². The third kappa shape index (κ3) is 3.06. The van der Waals surface area contributed by atoms with E-state index in [0.29, 0.717) is 12.6 Å². The van der Waals surface area contributed by atoms with E-state index in [9.17, 15) is 4.79 Å². The number of anilines is 1. The predicted molar refractivity (Wildman–Crippen MR) is 81.9 cm³/mol. The summed E-state index contributed by atoms with van der Waals surface area (Å²) in [7, 11) is 0. The van der Waals surface area contributed by atoms with Crippen molar-refractivity contribution in [2.45, 2.75) is 57.6 Å². The Hall–Kier alpha value is -1.14. The zero-order valence-electron chi connectivity index (χ0n) is 12.6. The van der Waals surface area contributed by atoms with Crippen LogP contribution in [0.25, 0.3) is 0 Å². The number of aryl methyl sites for hydroxylation is 1. The van der Waals surface area contributed by atoms with Crippen LogP contribution in [-0.4, -0.2) is 36.3 Å². The van der Waals surface area contributed by atoms with E-state index in [4.69, 9.17) is 9.47 Å². The zero-order valence-corrected chi connectivity index (χ0v) is 13.4. The second-order valence-electron chi connectivity index (χ2n) is 5.64. The second-order valence-corrected chi connectivity index (χ2v) is 6.72. The number of esters is 1. The molecule has 5 nitrogen and oxygen atoms in total. The number of nitrogens with zero attached hydrogens (tertiary/aromatic N) is 1. The summed E-state index contributed by atoms with van der Waals surface area (Å²) < 4.78 is 10.8. The van der Waals surface area contributed by atoms with Gasteiger partial charge in [0.2, 0.25) is 0 Å². The number of carbonyl (C=O) groups excluding carboxylic acids is 1. The van der Waals surface area contributed by atoms with Gasteiger partial charge in [0.25, 0.3) is 0 Å². The van der Waals surface area contributed by atoms with Crippen molar-refractivity contribution in [2.75, 3.05) is 18.5 Å². The molecule has 0 amide bonds. The summed E-state index contributed by atoms with van der Waals surface area (Å²) >= 11 is 1.68. The first-order valence-corrected chi connectivity index (χ1v) is 8.55. The highest BCUT2D eigenvalue weighted by molar-refractivity contribution is 7.15. The van der Waals surface area contributed by atoms with Gasteiger partial charge in [0.05, 0.1) is 24.4 Å². The molecule has 21 heavy (non-hydrogen) atoms. The number of rotatable bonds is 4. The molecule has 1 aromatic rings. The van der Waals surface area contributed by atoms with Crippen LogP contribution in [0.1, 0.15) is 49.6 Å². The fourth-order valence-electron chi connectivity index (χ4n) is 3.03.